The van der Waals surface area contributed by atoms with Crippen molar-refractivity contribution in [3.05, 3.63) is 65.7 Å². The van der Waals surface area contributed by atoms with Crippen molar-refractivity contribution in [3.63, 3.8) is 0 Å². The monoisotopic (exact) mass is 420 g/mol. The number of hydrogen-bond acceptors (Lipinski definition) is 4. The first-order chi connectivity index (χ1) is 14.4. The van der Waals surface area contributed by atoms with Crippen LogP contribution in [-0.2, 0) is 14.4 Å². The second kappa shape index (κ2) is 8.48. The van der Waals surface area contributed by atoms with E-state index >= 15 is 0 Å². The van der Waals surface area contributed by atoms with E-state index in [1.807, 2.05) is 56.3 Å². The predicted molar refractivity (Wildman–Crippen MR) is 120 cm³/mol. The molecule has 0 radical (unpaired) electrons. The SMILES string of the molecule is Cc1ccc(C)c(NC(=O)CSc2ccc(N3C(=O)[C@@H]4CC=CC[C@H]4C3=O)cc2)c1. The fourth-order valence-corrected chi connectivity index (χ4v) is 4.65. The maximum atomic E-state index is 12.7. The van der Waals surface area contributed by atoms with Gasteiger partial charge in [0, 0.05) is 10.6 Å². The highest BCUT2D eigenvalue weighted by molar-refractivity contribution is 8.00. The van der Waals surface area contributed by atoms with E-state index in [0.717, 1.165) is 21.7 Å². The van der Waals surface area contributed by atoms with Crippen molar-refractivity contribution < 1.29 is 14.4 Å². The smallest absolute Gasteiger partial charge is 0.238 e. The number of aryl methyl sites for hydroxylation is 2. The van der Waals surface area contributed by atoms with Crippen LogP contribution in [-0.4, -0.2) is 23.5 Å². The van der Waals surface area contributed by atoms with Gasteiger partial charge in [-0.3, -0.25) is 19.3 Å². The van der Waals surface area contributed by atoms with E-state index < -0.39 is 0 Å². The van der Waals surface area contributed by atoms with Gasteiger partial charge >= 0.3 is 0 Å². The Morgan fingerprint density at radius 2 is 1.63 bits per heavy atom. The number of allylic oxidation sites excluding steroid dienone is 2. The number of anilines is 2. The molecular formula is C24H24N2O3S. The first kappa shape index (κ1) is 20.4. The second-order valence-corrected chi connectivity index (χ2v) is 8.87. The van der Waals surface area contributed by atoms with Crippen LogP contribution in [0.15, 0.2) is 59.5 Å². The molecule has 1 aliphatic carbocycles. The highest BCUT2D eigenvalue weighted by Crippen LogP contribution is 2.38. The van der Waals surface area contributed by atoms with Crippen molar-refractivity contribution in [3.8, 4) is 0 Å². The summed E-state index contributed by atoms with van der Waals surface area (Å²) in [5, 5.41) is 2.95. The average molecular weight is 421 g/mol. The Morgan fingerprint density at radius 3 is 2.27 bits per heavy atom. The largest absolute Gasteiger partial charge is 0.325 e. The van der Waals surface area contributed by atoms with Crippen molar-refractivity contribution >= 4 is 40.9 Å². The summed E-state index contributed by atoms with van der Waals surface area (Å²) in [6.45, 7) is 3.96. The van der Waals surface area contributed by atoms with Crippen LogP contribution in [0.5, 0.6) is 0 Å². The number of thioether (sulfide) groups is 1. The summed E-state index contributed by atoms with van der Waals surface area (Å²) in [5.74, 6) is -0.468. The average Bonchev–Trinajstić information content (AvgIpc) is 3.00. The van der Waals surface area contributed by atoms with Crippen LogP contribution in [0.4, 0.5) is 11.4 Å². The fourth-order valence-electron chi connectivity index (χ4n) is 3.95. The lowest BCUT2D eigenvalue weighted by atomic mass is 9.85. The van der Waals surface area contributed by atoms with Gasteiger partial charge in [-0.1, -0.05) is 24.3 Å². The maximum Gasteiger partial charge on any atom is 0.238 e. The standard InChI is InChI=1S/C24H24N2O3S/c1-15-7-8-16(2)21(13-15)25-22(27)14-30-18-11-9-17(10-12-18)26-23(28)19-5-3-4-6-20(19)24(26)29/h3-4,7-13,19-20H,5-6,14H2,1-2H3,(H,25,27)/t19-,20-/m1/s1. The summed E-state index contributed by atoms with van der Waals surface area (Å²) >= 11 is 1.42. The summed E-state index contributed by atoms with van der Waals surface area (Å²) in [6.07, 6.45) is 5.24. The second-order valence-electron chi connectivity index (χ2n) is 7.82. The molecule has 0 saturated carbocycles. The molecule has 2 aromatic rings. The van der Waals surface area contributed by atoms with Gasteiger partial charge in [0.05, 0.1) is 23.3 Å². The molecule has 5 nitrogen and oxygen atoms in total. The number of benzene rings is 2. The number of amides is 3. The Kier molecular flexibility index (Phi) is 5.77. The van der Waals surface area contributed by atoms with Gasteiger partial charge in [-0.05, 0) is 68.1 Å². The van der Waals surface area contributed by atoms with E-state index in [-0.39, 0.29) is 35.3 Å². The minimum atomic E-state index is -0.231. The molecule has 0 aromatic heterocycles. The lowest BCUT2D eigenvalue weighted by Gasteiger charge is -2.15. The molecule has 0 spiro atoms. The minimum absolute atomic E-state index is 0.0701. The molecule has 0 bridgehead atoms. The van der Waals surface area contributed by atoms with Gasteiger partial charge < -0.3 is 5.32 Å². The van der Waals surface area contributed by atoms with E-state index in [2.05, 4.69) is 5.32 Å². The van der Waals surface area contributed by atoms with Gasteiger partial charge in [-0.15, -0.1) is 11.8 Å². The molecular weight excluding hydrogens is 396 g/mol. The van der Waals surface area contributed by atoms with Crippen molar-refractivity contribution in [2.24, 2.45) is 11.8 Å². The van der Waals surface area contributed by atoms with Crippen LogP contribution in [0.2, 0.25) is 0 Å². The first-order valence-corrected chi connectivity index (χ1v) is 11.1. The van der Waals surface area contributed by atoms with Crippen molar-refractivity contribution in [1.29, 1.82) is 0 Å². The summed E-state index contributed by atoms with van der Waals surface area (Å²) in [6, 6.07) is 13.2. The topological polar surface area (TPSA) is 66.5 Å². The molecule has 1 aliphatic heterocycles. The third kappa shape index (κ3) is 4.05. The third-order valence-electron chi connectivity index (χ3n) is 5.64. The molecule has 2 aromatic carbocycles. The molecule has 2 atom stereocenters. The van der Waals surface area contributed by atoms with E-state index in [9.17, 15) is 14.4 Å². The normalized spacial score (nSPS) is 20.4. The number of rotatable bonds is 5. The number of imide groups is 1. The molecule has 1 fully saturated rings. The molecule has 1 N–H and O–H groups in total. The number of carbonyl (C=O) groups is 3. The lowest BCUT2D eigenvalue weighted by molar-refractivity contribution is -0.122. The van der Waals surface area contributed by atoms with E-state index in [1.165, 1.54) is 16.7 Å². The zero-order valence-corrected chi connectivity index (χ0v) is 17.9. The lowest BCUT2D eigenvalue weighted by Crippen LogP contribution is -2.30. The van der Waals surface area contributed by atoms with Gasteiger partial charge in [0.1, 0.15) is 0 Å². The Morgan fingerprint density at radius 1 is 1.00 bits per heavy atom. The van der Waals surface area contributed by atoms with E-state index in [0.29, 0.717) is 18.5 Å². The highest BCUT2D eigenvalue weighted by Gasteiger charge is 2.47. The molecule has 1 saturated heterocycles. The molecule has 6 heteroatoms. The third-order valence-corrected chi connectivity index (χ3v) is 6.65. The van der Waals surface area contributed by atoms with Gasteiger partial charge in [-0.2, -0.15) is 0 Å². The summed E-state index contributed by atoms with van der Waals surface area (Å²) in [7, 11) is 0. The predicted octanol–water partition coefficient (Wildman–Crippen LogP) is 4.49. The number of carbonyl (C=O) groups excluding carboxylic acids is 3. The summed E-state index contributed by atoms with van der Waals surface area (Å²) in [5.41, 5.74) is 3.56. The van der Waals surface area contributed by atoms with Crippen molar-refractivity contribution in [2.75, 3.05) is 16.0 Å². The molecule has 2 aliphatic rings. The van der Waals surface area contributed by atoms with Crippen LogP contribution in [0.3, 0.4) is 0 Å². The number of fused-ring (bicyclic) bond motifs is 1. The fraction of sp³-hybridized carbons (Fsp3) is 0.292. The van der Waals surface area contributed by atoms with Gasteiger partial charge in [-0.25, -0.2) is 0 Å². The molecule has 0 unspecified atom stereocenters. The van der Waals surface area contributed by atoms with Gasteiger partial charge in [0.2, 0.25) is 17.7 Å². The van der Waals surface area contributed by atoms with E-state index in [4.69, 9.17) is 0 Å². The Balaban J connectivity index is 1.37. The molecule has 1 heterocycles. The van der Waals surface area contributed by atoms with Gasteiger partial charge in [0.15, 0.2) is 0 Å². The molecule has 30 heavy (non-hydrogen) atoms. The molecule has 4 rings (SSSR count). The van der Waals surface area contributed by atoms with Crippen molar-refractivity contribution in [1.82, 2.24) is 0 Å². The quantitative estimate of drug-likeness (QED) is 0.440. The summed E-state index contributed by atoms with van der Waals surface area (Å²) in [4.78, 5) is 39.9. The van der Waals surface area contributed by atoms with Crippen LogP contribution in [0, 0.1) is 25.7 Å². The minimum Gasteiger partial charge on any atom is -0.325 e. The number of nitrogens with one attached hydrogen (secondary N) is 1. The van der Waals surface area contributed by atoms with Crippen LogP contribution in [0.1, 0.15) is 24.0 Å². The number of hydrogen-bond donors (Lipinski definition) is 1. The highest BCUT2D eigenvalue weighted by atomic mass is 32.2. The van der Waals surface area contributed by atoms with Crippen LogP contribution in [0.25, 0.3) is 0 Å². The zero-order valence-electron chi connectivity index (χ0n) is 17.1. The summed E-state index contributed by atoms with van der Waals surface area (Å²) < 4.78 is 0. The zero-order chi connectivity index (χ0) is 21.3. The Hall–Kier alpha value is -2.86. The first-order valence-electron chi connectivity index (χ1n) is 10.1. The number of nitrogens with zero attached hydrogens (tertiary/aromatic N) is 1. The molecule has 154 valence electrons. The van der Waals surface area contributed by atoms with E-state index in [1.54, 1.807) is 12.1 Å². The molecule has 3 amide bonds. The van der Waals surface area contributed by atoms with Gasteiger partial charge in [0.25, 0.3) is 0 Å². The van der Waals surface area contributed by atoms with Crippen LogP contribution >= 0.6 is 11.8 Å². The Labute approximate surface area is 180 Å². The Bertz CT molecular complexity index is 1000. The van der Waals surface area contributed by atoms with Crippen molar-refractivity contribution in [2.45, 2.75) is 31.6 Å². The maximum absolute atomic E-state index is 12.7. The van der Waals surface area contributed by atoms with Crippen LogP contribution < -0.4 is 10.2 Å².